The fraction of sp³-hybridized carbons (Fsp3) is 0.0476. The van der Waals surface area contributed by atoms with Crippen LogP contribution >= 0.6 is 0 Å². The van der Waals surface area contributed by atoms with Crippen LogP contribution in [0, 0.1) is 6.07 Å². The molecule has 1 aliphatic rings. The number of fused-ring (bicyclic) bond motifs is 3. The van der Waals surface area contributed by atoms with Crippen molar-refractivity contribution in [2.24, 2.45) is 0 Å². The Labute approximate surface area is 134 Å². The molecule has 0 spiro atoms. The predicted octanol–water partition coefficient (Wildman–Crippen LogP) is 5.58. The van der Waals surface area contributed by atoms with Crippen LogP contribution in [0.4, 0.5) is 0 Å². The number of furan rings is 2. The van der Waals surface area contributed by atoms with Gasteiger partial charge < -0.3 is 8.83 Å². The maximum Gasteiger partial charge on any atom is 0.135 e. The van der Waals surface area contributed by atoms with Gasteiger partial charge in [0.15, 0.2) is 0 Å². The van der Waals surface area contributed by atoms with Crippen molar-refractivity contribution in [1.29, 1.82) is 0 Å². The van der Waals surface area contributed by atoms with E-state index in [0.717, 1.165) is 29.1 Å². The molecule has 0 saturated heterocycles. The SMILES string of the molecule is [c]1c2c(cc(-c3ccco3)c1-c1ccco1)-c1ccccc1C2. The normalized spacial score (nSPS) is 12.2. The minimum absolute atomic E-state index is 0.815. The largest absolute Gasteiger partial charge is 0.464 e. The standard InChI is InChI=1S/C21H13O2/c1-2-6-16-14(5-1)11-15-12-18(20-7-3-9-22-20)19(13-17(15)16)21-8-4-10-23-21/h1-10,13H,11H2. The van der Waals surface area contributed by atoms with E-state index in [-0.39, 0.29) is 0 Å². The first-order valence-corrected chi connectivity index (χ1v) is 7.65. The molecule has 2 nitrogen and oxygen atoms in total. The van der Waals surface area contributed by atoms with Gasteiger partial charge in [-0.1, -0.05) is 24.3 Å². The summed E-state index contributed by atoms with van der Waals surface area (Å²) >= 11 is 0. The van der Waals surface area contributed by atoms with Crippen LogP contribution in [-0.2, 0) is 6.42 Å². The molecular weight excluding hydrogens is 284 g/mol. The molecule has 23 heavy (non-hydrogen) atoms. The number of hydrogen-bond donors (Lipinski definition) is 0. The third kappa shape index (κ3) is 1.88. The summed E-state index contributed by atoms with van der Waals surface area (Å²) in [5, 5.41) is 0. The van der Waals surface area contributed by atoms with Gasteiger partial charge in [0.25, 0.3) is 0 Å². The highest BCUT2D eigenvalue weighted by atomic mass is 16.3. The van der Waals surface area contributed by atoms with Gasteiger partial charge in [0.1, 0.15) is 11.5 Å². The van der Waals surface area contributed by atoms with Crippen LogP contribution < -0.4 is 0 Å². The first-order chi connectivity index (χ1) is 11.4. The molecular formula is C21H13O2. The molecule has 2 heterocycles. The van der Waals surface area contributed by atoms with Crippen LogP contribution in [0.15, 0.2) is 76.0 Å². The minimum Gasteiger partial charge on any atom is -0.464 e. The molecule has 1 radical (unpaired) electrons. The summed E-state index contributed by atoms with van der Waals surface area (Å²) in [5.74, 6) is 1.65. The van der Waals surface area contributed by atoms with Gasteiger partial charge >= 0.3 is 0 Å². The van der Waals surface area contributed by atoms with E-state index in [1.54, 1.807) is 12.5 Å². The van der Waals surface area contributed by atoms with E-state index in [2.05, 4.69) is 36.4 Å². The average Bonchev–Trinajstić information content (AvgIpc) is 3.33. The molecule has 5 rings (SSSR count). The fourth-order valence-electron chi connectivity index (χ4n) is 3.34. The van der Waals surface area contributed by atoms with Crippen LogP contribution in [0.5, 0.6) is 0 Å². The summed E-state index contributed by atoms with van der Waals surface area (Å²) in [6.07, 6.45) is 4.30. The Morgan fingerprint density at radius 1 is 0.739 bits per heavy atom. The van der Waals surface area contributed by atoms with Crippen molar-refractivity contribution in [3.63, 3.8) is 0 Å². The Balaban J connectivity index is 1.80. The van der Waals surface area contributed by atoms with E-state index in [0.29, 0.717) is 0 Å². The Bertz CT molecular complexity index is 977. The quantitative estimate of drug-likeness (QED) is 0.425. The molecule has 2 aromatic carbocycles. The van der Waals surface area contributed by atoms with Gasteiger partial charge in [-0.25, -0.2) is 0 Å². The topological polar surface area (TPSA) is 26.3 Å². The summed E-state index contributed by atoms with van der Waals surface area (Å²) in [5.41, 5.74) is 7.06. The second kappa shape index (κ2) is 4.75. The van der Waals surface area contributed by atoms with E-state index < -0.39 is 0 Å². The predicted molar refractivity (Wildman–Crippen MR) is 88.9 cm³/mol. The van der Waals surface area contributed by atoms with Crippen LogP contribution in [0.3, 0.4) is 0 Å². The summed E-state index contributed by atoms with van der Waals surface area (Å²) in [7, 11) is 0. The molecule has 0 aliphatic heterocycles. The number of rotatable bonds is 2. The van der Waals surface area contributed by atoms with E-state index in [9.17, 15) is 0 Å². The third-order valence-corrected chi connectivity index (χ3v) is 4.39. The second-order valence-corrected chi connectivity index (χ2v) is 5.74. The molecule has 0 bridgehead atoms. The molecule has 0 saturated carbocycles. The zero-order valence-electron chi connectivity index (χ0n) is 12.4. The third-order valence-electron chi connectivity index (χ3n) is 4.39. The van der Waals surface area contributed by atoms with E-state index in [4.69, 9.17) is 8.83 Å². The zero-order valence-corrected chi connectivity index (χ0v) is 12.4. The molecule has 0 atom stereocenters. The van der Waals surface area contributed by atoms with Crippen molar-refractivity contribution in [2.45, 2.75) is 6.42 Å². The first-order valence-electron chi connectivity index (χ1n) is 7.65. The van der Waals surface area contributed by atoms with Gasteiger partial charge in [-0.2, -0.15) is 0 Å². The van der Waals surface area contributed by atoms with Gasteiger partial charge in [-0.3, -0.25) is 0 Å². The minimum atomic E-state index is 0.815. The van der Waals surface area contributed by atoms with Crippen molar-refractivity contribution >= 4 is 0 Å². The highest BCUT2D eigenvalue weighted by Crippen LogP contribution is 2.43. The molecule has 4 aromatic rings. The number of hydrogen-bond acceptors (Lipinski definition) is 2. The van der Waals surface area contributed by atoms with Crippen LogP contribution in [0.1, 0.15) is 11.1 Å². The number of benzene rings is 2. The first kappa shape index (κ1) is 12.5. The lowest BCUT2D eigenvalue weighted by molar-refractivity contribution is 0.575. The fourth-order valence-corrected chi connectivity index (χ4v) is 3.34. The van der Waals surface area contributed by atoms with E-state index in [1.165, 1.54) is 22.3 Å². The smallest absolute Gasteiger partial charge is 0.135 e. The molecule has 1 aliphatic carbocycles. The lowest BCUT2D eigenvalue weighted by Crippen LogP contribution is -1.88. The Hall–Kier alpha value is -3.00. The lowest BCUT2D eigenvalue weighted by Gasteiger charge is -2.09. The van der Waals surface area contributed by atoms with Crippen LogP contribution in [-0.4, -0.2) is 0 Å². The van der Waals surface area contributed by atoms with Crippen LogP contribution in [0.2, 0.25) is 0 Å². The van der Waals surface area contributed by atoms with Crippen molar-refractivity contribution < 1.29 is 8.83 Å². The van der Waals surface area contributed by atoms with E-state index in [1.807, 2.05) is 24.3 Å². The highest BCUT2D eigenvalue weighted by Gasteiger charge is 2.23. The highest BCUT2D eigenvalue weighted by molar-refractivity contribution is 5.88. The Kier molecular flexibility index (Phi) is 2.59. The van der Waals surface area contributed by atoms with Gasteiger partial charge in [0, 0.05) is 11.1 Å². The maximum absolute atomic E-state index is 5.64. The Morgan fingerprint density at radius 3 is 2.30 bits per heavy atom. The summed E-state index contributed by atoms with van der Waals surface area (Å²) in [4.78, 5) is 0. The van der Waals surface area contributed by atoms with E-state index >= 15 is 0 Å². The summed E-state index contributed by atoms with van der Waals surface area (Å²) < 4.78 is 11.3. The van der Waals surface area contributed by atoms with Gasteiger partial charge in [0.05, 0.1) is 12.5 Å². The van der Waals surface area contributed by atoms with Crippen molar-refractivity contribution in [3.8, 4) is 33.8 Å². The van der Waals surface area contributed by atoms with Gasteiger partial charge in [-0.05, 0) is 65.1 Å². The Morgan fingerprint density at radius 2 is 1.52 bits per heavy atom. The monoisotopic (exact) mass is 297 g/mol. The van der Waals surface area contributed by atoms with Gasteiger partial charge in [0.2, 0.25) is 0 Å². The maximum atomic E-state index is 5.64. The van der Waals surface area contributed by atoms with Crippen molar-refractivity contribution in [3.05, 3.63) is 84.3 Å². The molecule has 0 N–H and O–H groups in total. The molecule has 0 amide bonds. The summed E-state index contributed by atoms with van der Waals surface area (Å²) in [6, 6.07) is 22.1. The van der Waals surface area contributed by atoms with Crippen molar-refractivity contribution in [2.75, 3.05) is 0 Å². The summed E-state index contributed by atoms with van der Waals surface area (Å²) in [6.45, 7) is 0. The molecule has 0 fully saturated rings. The lowest BCUT2D eigenvalue weighted by atomic mass is 9.95. The van der Waals surface area contributed by atoms with Gasteiger partial charge in [-0.15, -0.1) is 0 Å². The zero-order chi connectivity index (χ0) is 15.2. The molecule has 2 aromatic heterocycles. The molecule has 2 heteroatoms. The molecule has 109 valence electrons. The second-order valence-electron chi connectivity index (χ2n) is 5.74. The molecule has 0 unspecified atom stereocenters. The van der Waals surface area contributed by atoms with Crippen molar-refractivity contribution in [1.82, 2.24) is 0 Å². The van der Waals surface area contributed by atoms with Crippen LogP contribution in [0.25, 0.3) is 33.8 Å². The average molecular weight is 297 g/mol.